The number of aromatic nitrogens is 1. The second kappa shape index (κ2) is 3.58. The minimum Gasteiger partial charge on any atom is -0.432 e. The molecule has 0 spiro atoms. The molecule has 4 heteroatoms. The monoisotopic (exact) mass is 167 g/mol. The number of hydrogen-bond donors (Lipinski definition) is 2. The van der Waals surface area contributed by atoms with E-state index in [4.69, 9.17) is 4.42 Å². The third kappa shape index (κ3) is 1.76. The van der Waals surface area contributed by atoms with Crippen molar-refractivity contribution in [2.24, 2.45) is 5.92 Å². The number of hydrogen-bond acceptors (Lipinski definition) is 4. The fourth-order valence-corrected chi connectivity index (χ4v) is 1.43. The van der Waals surface area contributed by atoms with Crippen LogP contribution in [0.4, 0.5) is 6.01 Å². The highest BCUT2D eigenvalue weighted by Crippen LogP contribution is 2.09. The maximum Gasteiger partial charge on any atom is 0.294 e. The molecule has 2 rings (SSSR count). The van der Waals surface area contributed by atoms with E-state index in [1.165, 1.54) is 6.42 Å². The maximum absolute atomic E-state index is 5.05. The van der Waals surface area contributed by atoms with Crippen LogP contribution >= 0.6 is 0 Å². The summed E-state index contributed by atoms with van der Waals surface area (Å²) < 4.78 is 5.05. The quantitative estimate of drug-likeness (QED) is 0.695. The van der Waals surface area contributed by atoms with Crippen LogP contribution in [0.3, 0.4) is 0 Å². The van der Waals surface area contributed by atoms with Gasteiger partial charge in [-0.2, -0.15) is 0 Å². The van der Waals surface area contributed by atoms with Gasteiger partial charge in [-0.05, 0) is 25.4 Å². The maximum atomic E-state index is 5.05. The summed E-state index contributed by atoms with van der Waals surface area (Å²) in [6.07, 6.45) is 4.47. The molecule has 2 N–H and O–H groups in total. The molecule has 4 nitrogen and oxygen atoms in total. The predicted molar refractivity (Wildman–Crippen MR) is 46.0 cm³/mol. The Morgan fingerprint density at radius 3 is 3.42 bits per heavy atom. The lowest BCUT2D eigenvalue weighted by Gasteiger charge is -2.07. The summed E-state index contributed by atoms with van der Waals surface area (Å²) in [4.78, 5) is 3.98. The van der Waals surface area contributed by atoms with Gasteiger partial charge in [-0.25, -0.2) is 4.98 Å². The number of nitrogens with one attached hydrogen (secondary N) is 2. The van der Waals surface area contributed by atoms with Gasteiger partial charge < -0.3 is 15.1 Å². The molecule has 0 bridgehead atoms. The minimum atomic E-state index is 0.627. The summed E-state index contributed by atoms with van der Waals surface area (Å²) in [5.74, 6) is 0.719. The summed E-state index contributed by atoms with van der Waals surface area (Å²) >= 11 is 0. The molecule has 0 amide bonds. The smallest absolute Gasteiger partial charge is 0.294 e. The Hall–Kier alpha value is -1.03. The second-order valence-electron chi connectivity index (χ2n) is 3.08. The topological polar surface area (TPSA) is 50.1 Å². The fourth-order valence-electron chi connectivity index (χ4n) is 1.43. The van der Waals surface area contributed by atoms with Crippen LogP contribution in [0, 0.1) is 5.92 Å². The van der Waals surface area contributed by atoms with E-state index in [1.807, 2.05) is 0 Å². The van der Waals surface area contributed by atoms with Gasteiger partial charge in [0.1, 0.15) is 6.26 Å². The molecule has 0 aliphatic carbocycles. The van der Waals surface area contributed by atoms with Gasteiger partial charge in [-0.1, -0.05) is 0 Å². The van der Waals surface area contributed by atoms with Gasteiger partial charge in [-0.3, -0.25) is 0 Å². The number of nitrogens with zero attached hydrogens (tertiary/aromatic N) is 1. The molecule has 12 heavy (non-hydrogen) atoms. The summed E-state index contributed by atoms with van der Waals surface area (Å²) in [6.45, 7) is 3.19. The molecule has 1 aromatic rings. The molecule has 66 valence electrons. The van der Waals surface area contributed by atoms with Crippen LogP contribution in [0.1, 0.15) is 6.42 Å². The summed E-state index contributed by atoms with van der Waals surface area (Å²) in [5, 5.41) is 6.46. The number of oxazole rings is 1. The first-order valence-corrected chi connectivity index (χ1v) is 4.29. The van der Waals surface area contributed by atoms with Crippen molar-refractivity contribution in [3.8, 4) is 0 Å². The highest BCUT2D eigenvalue weighted by atomic mass is 16.4. The molecule has 0 aromatic carbocycles. The molecule has 1 fully saturated rings. The molecular weight excluding hydrogens is 154 g/mol. The van der Waals surface area contributed by atoms with Crippen LogP contribution in [-0.2, 0) is 0 Å². The van der Waals surface area contributed by atoms with Gasteiger partial charge in [0.05, 0.1) is 6.20 Å². The fraction of sp³-hybridized carbons (Fsp3) is 0.625. The predicted octanol–water partition coefficient (Wildman–Crippen LogP) is 0.696. The lowest BCUT2D eigenvalue weighted by Crippen LogP contribution is -2.17. The summed E-state index contributed by atoms with van der Waals surface area (Å²) in [7, 11) is 0. The zero-order valence-corrected chi connectivity index (χ0v) is 6.92. The first kappa shape index (κ1) is 7.61. The average molecular weight is 167 g/mol. The van der Waals surface area contributed by atoms with Crippen LogP contribution in [0.2, 0.25) is 0 Å². The van der Waals surface area contributed by atoms with Gasteiger partial charge >= 0.3 is 0 Å². The first-order valence-electron chi connectivity index (χ1n) is 4.29. The van der Waals surface area contributed by atoms with Crippen molar-refractivity contribution in [1.82, 2.24) is 10.3 Å². The van der Waals surface area contributed by atoms with Crippen LogP contribution in [0.25, 0.3) is 0 Å². The molecule has 0 saturated carbocycles. The van der Waals surface area contributed by atoms with Crippen LogP contribution in [0.5, 0.6) is 0 Å². The Balaban J connectivity index is 1.74. The van der Waals surface area contributed by atoms with Gasteiger partial charge in [0.2, 0.25) is 0 Å². The highest BCUT2D eigenvalue weighted by molar-refractivity contribution is 5.17. The molecule has 1 atom stereocenters. The van der Waals surface area contributed by atoms with Crippen LogP contribution < -0.4 is 10.6 Å². The Morgan fingerprint density at radius 2 is 2.75 bits per heavy atom. The Bertz CT molecular complexity index is 216. The number of rotatable bonds is 3. The molecule has 1 aromatic heterocycles. The van der Waals surface area contributed by atoms with Crippen LogP contribution in [-0.4, -0.2) is 24.6 Å². The van der Waals surface area contributed by atoms with E-state index in [9.17, 15) is 0 Å². The summed E-state index contributed by atoms with van der Waals surface area (Å²) in [6, 6.07) is 0.627. The van der Waals surface area contributed by atoms with Crippen molar-refractivity contribution < 1.29 is 4.42 Å². The van der Waals surface area contributed by atoms with E-state index < -0.39 is 0 Å². The van der Waals surface area contributed by atoms with Crippen molar-refractivity contribution in [2.75, 3.05) is 25.0 Å². The second-order valence-corrected chi connectivity index (χ2v) is 3.08. The van der Waals surface area contributed by atoms with Crippen molar-refractivity contribution in [2.45, 2.75) is 6.42 Å². The van der Waals surface area contributed by atoms with E-state index in [-0.39, 0.29) is 0 Å². The Morgan fingerprint density at radius 1 is 1.75 bits per heavy atom. The minimum absolute atomic E-state index is 0.627. The van der Waals surface area contributed by atoms with Gasteiger partial charge in [0.25, 0.3) is 6.01 Å². The van der Waals surface area contributed by atoms with E-state index in [0.717, 1.165) is 25.6 Å². The van der Waals surface area contributed by atoms with Gasteiger partial charge in [-0.15, -0.1) is 0 Å². The van der Waals surface area contributed by atoms with E-state index in [1.54, 1.807) is 12.5 Å². The highest BCUT2D eigenvalue weighted by Gasteiger charge is 2.14. The largest absolute Gasteiger partial charge is 0.432 e. The zero-order chi connectivity index (χ0) is 8.23. The molecule has 1 saturated heterocycles. The van der Waals surface area contributed by atoms with E-state index >= 15 is 0 Å². The lowest BCUT2D eigenvalue weighted by atomic mass is 10.1. The van der Waals surface area contributed by atoms with Crippen LogP contribution in [0.15, 0.2) is 16.9 Å². The Labute approximate surface area is 71.4 Å². The van der Waals surface area contributed by atoms with Crippen molar-refractivity contribution in [1.29, 1.82) is 0 Å². The first-order chi connectivity index (χ1) is 5.95. The van der Waals surface area contributed by atoms with Crippen molar-refractivity contribution in [3.63, 3.8) is 0 Å². The molecular formula is C8H13N3O. The Kier molecular flexibility index (Phi) is 2.27. The number of anilines is 1. The SMILES string of the molecule is c1coc(NCC2CCNC2)n1. The zero-order valence-electron chi connectivity index (χ0n) is 6.92. The van der Waals surface area contributed by atoms with E-state index in [2.05, 4.69) is 15.6 Å². The third-order valence-corrected chi connectivity index (χ3v) is 2.14. The molecule has 0 radical (unpaired) electrons. The lowest BCUT2D eigenvalue weighted by molar-refractivity contribution is 0.549. The summed E-state index contributed by atoms with van der Waals surface area (Å²) in [5.41, 5.74) is 0. The molecule has 1 unspecified atom stereocenters. The van der Waals surface area contributed by atoms with Gasteiger partial charge in [0, 0.05) is 6.54 Å². The normalized spacial score (nSPS) is 22.8. The third-order valence-electron chi connectivity index (χ3n) is 2.14. The molecule has 1 aliphatic rings. The average Bonchev–Trinajstić information content (AvgIpc) is 2.74. The van der Waals surface area contributed by atoms with Crippen molar-refractivity contribution >= 4 is 6.01 Å². The standard InChI is InChI=1S/C8H13N3O/c1-2-9-5-7(1)6-11-8-10-3-4-12-8/h3-4,7,9H,1-2,5-6H2,(H,10,11). The molecule has 2 heterocycles. The van der Waals surface area contributed by atoms with Gasteiger partial charge in [0.15, 0.2) is 0 Å². The van der Waals surface area contributed by atoms with Crippen molar-refractivity contribution in [3.05, 3.63) is 12.5 Å². The van der Waals surface area contributed by atoms with E-state index in [0.29, 0.717) is 6.01 Å². The molecule has 1 aliphatic heterocycles.